The van der Waals surface area contributed by atoms with Crippen molar-refractivity contribution in [2.75, 3.05) is 5.32 Å². The van der Waals surface area contributed by atoms with E-state index in [1.165, 1.54) is 16.8 Å². The lowest BCUT2D eigenvalue weighted by Gasteiger charge is -2.10. The smallest absolute Gasteiger partial charge is 0.0414 e. The van der Waals surface area contributed by atoms with Crippen LogP contribution in [-0.4, -0.2) is 0 Å². The lowest BCUT2D eigenvalue weighted by Crippen LogP contribution is -1.98. The molecular formula is C12H17N. The summed E-state index contributed by atoms with van der Waals surface area (Å²) >= 11 is 0. The standard InChI is InChI=1S/C12H17N/c1-5-11-8-10(4)6-7-12(11)13-9(2)3/h6-8,13H,2,5H2,1,3-4H3. The van der Waals surface area contributed by atoms with Crippen molar-refractivity contribution >= 4 is 5.69 Å². The zero-order valence-corrected chi connectivity index (χ0v) is 8.65. The maximum Gasteiger partial charge on any atom is 0.0414 e. The van der Waals surface area contributed by atoms with E-state index in [0.29, 0.717) is 0 Å². The first kappa shape index (κ1) is 9.85. The molecule has 0 spiro atoms. The third-order valence-corrected chi connectivity index (χ3v) is 1.99. The number of rotatable bonds is 3. The molecule has 1 rings (SSSR count). The Hall–Kier alpha value is -1.24. The summed E-state index contributed by atoms with van der Waals surface area (Å²) < 4.78 is 0. The van der Waals surface area contributed by atoms with Gasteiger partial charge in [0.2, 0.25) is 0 Å². The van der Waals surface area contributed by atoms with Gasteiger partial charge in [0.1, 0.15) is 0 Å². The molecular weight excluding hydrogens is 158 g/mol. The van der Waals surface area contributed by atoms with Gasteiger partial charge in [0.15, 0.2) is 0 Å². The molecule has 1 nitrogen and oxygen atoms in total. The van der Waals surface area contributed by atoms with Gasteiger partial charge in [0.25, 0.3) is 0 Å². The molecule has 0 bridgehead atoms. The van der Waals surface area contributed by atoms with Crippen LogP contribution in [0.25, 0.3) is 0 Å². The zero-order chi connectivity index (χ0) is 9.84. The topological polar surface area (TPSA) is 12.0 Å². The Balaban J connectivity index is 2.99. The van der Waals surface area contributed by atoms with E-state index >= 15 is 0 Å². The van der Waals surface area contributed by atoms with E-state index in [1.807, 2.05) is 6.92 Å². The van der Waals surface area contributed by atoms with Crippen LogP contribution in [0.2, 0.25) is 0 Å². The lowest BCUT2D eigenvalue weighted by molar-refractivity contribution is 1.13. The Morgan fingerprint density at radius 2 is 2.15 bits per heavy atom. The molecule has 0 aliphatic carbocycles. The lowest BCUT2D eigenvalue weighted by atomic mass is 10.1. The van der Waals surface area contributed by atoms with Gasteiger partial charge in [0, 0.05) is 11.4 Å². The maximum atomic E-state index is 3.84. The Morgan fingerprint density at radius 3 is 2.69 bits per heavy atom. The van der Waals surface area contributed by atoms with Crippen LogP contribution in [-0.2, 0) is 6.42 Å². The van der Waals surface area contributed by atoms with Gasteiger partial charge in [-0.25, -0.2) is 0 Å². The minimum absolute atomic E-state index is 0.985. The molecule has 0 saturated carbocycles. The number of anilines is 1. The zero-order valence-electron chi connectivity index (χ0n) is 8.65. The van der Waals surface area contributed by atoms with Crippen molar-refractivity contribution in [2.24, 2.45) is 0 Å². The molecule has 0 atom stereocenters. The van der Waals surface area contributed by atoms with E-state index < -0.39 is 0 Å². The molecule has 70 valence electrons. The van der Waals surface area contributed by atoms with Crippen molar-refractivity contribution in [2.45, 2.75) is 27.2 Å². The second kappa shape index (κ2) is 4.13. The predicted octanol–water partition coefficient (Wildman–Crippen LogP) is 3.50. The summed E-state index contributed by atoms with van der Waals surface area (Å²) in [5.41, 5.74) is 4.83. The number of nitrogens with one attached hydrogen (secondary N) is 1. The van der Waals surface area contributed by atoms with Crippen LogP contribution in [0.15, 0.2) is 30.5 Å². The SMILES string of the molecule is C=C(C)Nc1ccc(C)cc1CC. The van der Waals surface area contributed by atoms with Gasteiger partial charge in [-0.2, -0.15) is 0 Å². The normalized spacial score (nSPS) is 9.77. The van der Waals surface area contributed by atoms with Crippen molar-refractivity contribution in [3.05, 3.63) is 41.6 Å². The third kappa shape index (κ3) is 2.62. The van der Waals surface area contributed by atoms with Crippen LogP contribution >= 0.6 is 0 Å². The van der Waals surface area contributed by atoms with E-state index in [-0.39, 0.29) is 0 Å². The number of aryl methyl sites for hydroxylation is 2. The molecule has 1 N–H and O–H groups in total. The van der Waals surface area contributed by atoms with Gasteiger partial charge in [0.05, 0.1) is 0 Å². The van der Waals surface area contributed by atoms with Crippen LogP contribution in [0, 0.1) is 6.92 Å². The summed E-state index contributed by atoms with van der Waals surface area (Å²) in [6.07, 6.45) is 1.05. The fourth-order valence-electron chi connectivity index (χ4n) is 1.37. The van der Waals surface area contributed by atoms with E-state index in [9.17, 15) is 0 Å². The highest BCUT2D eigenvalue weighted by molar-refractivity contribution is 5.55. The molecule has 0 unspecified atom stereocenters. The molecule has 1 aromatic carbocycles. The monoisotopic (exact) mass is 175 g/mol. The van der Waals surface area contributed by atoms with Crippen molar-refractivity contribution in [1.82, 2.24) is 0 Å². The van der Waals surface area contributed by atoms with Gasteiger partial charge in [-0.05, 0) is 31.9 Å². The van der Waals surface area contributed by atoms with Crippen LogP contribution in [0.3, 0.4) is 0 Å². The number of benzene rings is 1. The summed E-state index contributed by atoms with van der Waals surface area (Å²) in [4.78, 5) is 0. The van der Waals surface area contributed by atoms with E-state index in [0.717, 1.165) is 12.1 Å². The van der Waals surface area contributed by atoms with Gasteiger partial charge in [-0.15, -0.1) is 0 Å². The first-order chi connectivity index (χ1) is 6.13. The van der Waals surface area contributed by atoms with Crippen LogP contribution in [0.5, 0.6) is 0 Å². The number of hydrogen-bond donors (Lipinski definition) is 1. The minimum Gasteiger partial charge on any atom is -0.359 e. The largest absolute Gasteiger partial charge is 0.359 e. The van der Waals surface area contributed by atoms with E-state index in [4.69, 9.17) is 0 Å². The second-order valence-corrected chi connectivity index (χ2v) is 3.42. The number of hydrogen-bond acceptors (Lipinski definition) is 1. The summed E-state index contributed by atoms with van der Waals surface area (Å²) in [6.45, 7) is 10.1. The Labute approximate surface area is 80.5 Å². The summed E-state index contributed by atoms with van der Waals surface area (Å²) in [5, 5.41) is 3.26. The highest BCUT2D eigenvalue weighted by Crippen LogP contribution is 2.18. The molecule has 0 amide bonds. The predicted molar refractivity (Wildman–Crippen MR) is 59.0 cm³/mol. The Bertz CT molecular complexity index is 313. The third-order valence-electron chi connectivity index (χ3n) is 1.99. The molecule has 1 aromatic rings. The first-order valence-electron chi connectivity index (χ1n) is 4.65. The van der Waals surface area contributed by atoms with Crippen molar-refractivity contribution in [1.29, 1.82) is 0 Å². The fraction of sp³-hybridized carbons (Fsp3) is 0.333. The van der Waals surface area contributed by atoms with Crippen molar-refractivity contribution in [3.8, 4) is 0 Å². The quantitative estimate of drug-likeness (QED) is 0.741. The van der Waals surface area contributed by atoms with Gasteiger partial charge < -0.3 is 5.32 Å². The molecule has 0 aliphatic heterocycles. The highest BCUT2D eigenvalue weighted by atomic mass is 14.9. The summed E-state index contributed by atoms with van der Waals surface area (Å²) in [5.74, 6) is 0. The molecule has 0 heterocycles. The first-order valence-corrected chi connectivity index (χ1v) is 4.65. The molecule has 0 fully saturated rings. The van der Waals surface area contributed by atoms with E-state index in [1.54, 1.807) is 0 Å². The molecule has 0 saturated heterocycles. The van der Waals surface area contributed by atoms with Gasteiger partial charge in [-0.1, -0.05) is 31.2 Å². The minimum atomic E-state index is 0.985. The molecule has 0 aromatic heterocycles. The molecule has 0 aliphatic rings. The summed E-state index contributed by atoms with van der Waals surface area (Å²) in [7, 11) is 0. The van der Waals surface area contributed by atoms with Crippen molar-refractivity contribution < 1.29 is 0 Å². The Morgan fingerprint density at radius 1 is 1.46 bits per heavy atom. The number of allylic oxidation sites excluding steroid dienone is 1. The van der Waals surface area contributed by atoms with Gasteiger partial charge in [-0.3, -0.25) is 0 Å². The van der Waals surface area contributed by atoms with Crippen LogP contribution in [0.1, 0.15) is 25.0 Å². The highest BCUT2D eigenvalue weighted by Gasteiger charge is 1.99. The fourth-order valence-corrected chi connectivity index (χ4v) is 1.37. The average molecular weight is 175 g/mol. The average Bonchev–Trinajstić information content (AvgIpc) is 2.07. The molecule has 0 radical (unpaired) electrons. The molecule has 13 heavy (non-hydrogen) atoms. The maximum absolute atomic E-state index is 3.84. The molecule has 1 heteroatoms. The summed E-state index contributed by atoms with van der Waals surface area (Å²) in [6, 6.07) is 6.44. The van der Waals surface area contributed by atoms with Crippen LogP contribution in [0.4, 0.5) is 5.69 Å². The van der Waals surface area contributed by atoms with E-state index in [2.05, 4.69) is 43.9 Å². The van der Waals surface area contributed by atoms with Crippen LogP contribution < -0.4 is 5.32 Å². The van der Waals surface area contributed by atoms with Gasteiger partial charge >= 0.3 is 0 Å². The van der Waals surface area contributed by atoms with Crippen molar-refractivity contribution in [3.63, 3.8) is 0 Å². The second-order valence-electron chi connectivity index (χ2n) is 3.42. The Kier molecular flexibility index (Phi) is 3.13.